The van der Waals surface area contributed by atoms with Crippen molar-refractivity contribution in [2.75, 3.05) is 29.1 Å². The van der Waals surface area contributed by atoms with Crippen molar-refractivity contribution < 1.29 is 14.0 Å². The van der Waals surface area contributed by atoms with E-state index in [0.717, 1.165) is 5.69 Å². The van der Waals surface area contributed by atoms with Gasteiger partial charge in [0.15, 0.2) is 0 Å². The second-order valence-corrected chi connectivity index (χ2v) is 8.61. The lowest BCUT2D eigenvalue weighted by molar-refractivity contribution is -0.116. The number of nitrogens with zero attached hydrogens (tertiary/aromatic N) is 2. The first-order chi connectivity index (χ1) is 13.5. The minimum Gasteiger partial charge on any atom is -0.324 e. The molecule has 2 aliphatic heterocycles. The van der Waals surface area contributed by atoms with Gasteiger partial charge in [-0.3, -0.25) is 9.69 Å². The Morgan fingerprint density at radius 2 is 1.79 bits per heavy atom. The maximum Gasteiger partial charge on any atom is 0.321 e. The number of likely N-dealkylation sites (tertiary alicyclic amines) is 1. The topological polar surface area (TPSA) is 52.7 Å². The molecule has 0 saturated carbocycles. The molecule has 1 spiro atoms. The molecule has 8 heteroatoms. The van der Waals surface area contributed by atoms with Crippen LogP contribution in [0, 0.1) is 5.82 Å². The number of carbonyl (C=O) groups excluding carboxylic acids is 2. The van der Waals surface area contributed by atoms with E-state index in [4.69, 9.17) is 11.6 Å². The van der Waals surface area contributed by atoms with Gasteiger partial charge in [-0.2, -0.15) is 0 Å². The number of thioether (sulfide) groups is 1. The van der Waals surface area contributed by atoms with Crippen LogP contribution in [0.5, 0.6) is 0 Å². The molecule has 0 bridgehead atoms. The Balaban J connectivity index is 1.46. The van der Waals surface area contributed by atoms with E-state index in [9.17, 15) is 14.0 Å². The molecule has 2 fully saturated rings. The largest absolute Gasteiger partial charge is 0.324 e. The molecule has 2 aliphatic rings. The van der Waals surface area contributed by atoms with Crippen molar-refractivity contribution in [1.82, 2.24) is 4.90 Å². The molecule has 146 valence electrons. The summed E-state index contributed by atoms with van der Waals surface area (Å²) in [6.45, 7) is 0.981. The van der Waals surface area contributed by atoms with Gasteiger partial charge in [-0.1, -0.05) is 23.7 Å². The summed E-state index contributed by atoms with van der Waals surface area (Å²) >= 11 is 7.60. The third-order valence-electron chi connectivity index (χ3n) is 5.15. The van der Waals surface area contributed by atoms with Crippen LogP contribution >= 0.6 is 23.4 Å². The third-order valence-corrected chi connectivity index (χ3v) is 6.92. The lowest BCUT2D eigenvalue weighted by Crippen LogP contribution is -2.53. The molecule has 2 aromatic carbocycles. The van der Waals surface area contributed by atoms with Gasteiger partial charge in [0.2, 0.25) is 5.91 Å². The van der Waals surface area contributed by atoms with Crippen LogP contribution in [-0.4, -0.2) is 40.6 Å². The highest BCUT2D eigenvalue weighted by Crippen LogP contribution is 2.46. The fourth-order valence-electron chi connectivity index (χ4n) is 3.71. The molecular weight excluding hydrogens is 401 g/mol. The number of anilines is 2. The summed E-state index contributed by atoms with van der Waals surface area (Å²) in [6.07, 6.45) is 1.30. The first-order valence-corrected chi connectivity index (χ1v) is 10.4. The molecule has 4 rings (SSSR count). The second-order valence-electron chi connectivity index (χ2n) is 6.84. The number of piperidine rings is 1. The number of rotatable bonds is 2. The lowest BCUT2D eigenvalue weighted by atomic mass is 10.0. The van der Waals surface area contributed by atoms with E-state index >= 15 is 0 Å². The fraction of sp³-hybridized carbons (Fsp3) is 0.300. The predicted octanol–water partition coefficient (Wildman–Crippen LogP) is 4.58. The number of para-hydroxylation sites is 1. The van der Waals surface area contributed by atoms with Crippen LogP contribution in [0.4, 0.5) is 20.6 Å². The molecule has 0 aliphatic carbocycles. The summed E-state index contributed by atoms with van der Waals surface area (Å²) in [5.74, 6) is 0.0242. The molecule has 28 heavy (non-hydrogen) atoms. The quantitative estimate of drug-likeness (QED) is 0.775. The van der Waals surface area contributed by atoms with Gasteiger partial charge < -0.3 is 10.2 Å². The van der Waals surface area contributed by atoms with Crippen molar-refractivity contribution >= 4 is 46.7 Å². The number of nitrogens with one attached hydrogen (secondary N) is 1. The fourth-order valence-corrected chi connectivity index (χ4v) is 5.16. The van der Waals surface area contributed by atoms with E-state index in [1.54, 1.807) is 40.9 Å². The standard InChI is InChI=1S/C20H19ClFN3O2S/c21-14-5-7-15(8-6-14)25-18(26)13-28-20(25)9-11-24(12-10-20)19(27)23-17-4-2-1-3-16(17)22/h1-8H,9-13H2,(H,23,27). The van der Waals surface area contributed by atoms with Crippen LogP contribution in [0.2, 0.25) is 5.02 Å². The highest BCUT2D eigenvalue weighted by molar-refractivity contribution is 8.02. The zero-order valence-corrected chi connectivity index (χ0v) is 16.6. The highest BCUT2D eigenvalue weighted by atomic mass is 35.5. The number of hydrogen-bond acceptors (Lipinski definition) is 3. The van der Waals surface area contributed by atoms with Crippen molar-refractivity contribution in [3.63, 3.8) is 0 Å². The summed E-state index contributed by atoms with van der Waals surface area (Å²) < 4.78 is 13.8. The van der Waals surface area contributed by atoms with Gasteiger partial charge in [-0.15, -0.1) is 11.8 Å². The Bertz CT molecular complexity index is 901. The first-order valence-electron chi connectivity index (χ1n) is 9.02. The summed E-state index contributed by atoms with van der Waals surface area (Å²) in [7, 11) is 0. The molecule has 3 amide bonds. The molecule has 0 radical (unpaired) electrons. The molecule has 0 unspecified atom stereocenters. The molecule has 1 N–H and O–H groups in total. The SMILES string of the molecule is O=C(Nc1ccccc1F)N1CCC2(CC1)SCC(=O)N2c1ccc(Cl)cc1. The number of benzene rings is 2. The van der Waals surface area contributed by atoms with Crippen LogP contribution in [0.25, 0.3) is 0 Å². The minimum atomic E-state index is -0.463. The Morgan fingerprint density at radius 3 is 2.46 bits per heavy atom. The zero-order valence-electron chi connectivity index (χ0n) is 15.0. The highest BCUT2D eigenvalue weighted by Gasteiger charge is 2.49. The molecule has 0 aromatic heterocycles. The Kier molecular flexibility index (Phi) is 5.21. The predicted molar refractivity (Wildman–Crippen MR) is 110 cm³/mol. The van der Waals surface area contributed by atoms with Crippen molar-refractivity contribution in [3.8, 4) is 0 Å². The molecule has 2 heterocycles. The monoisotopic (exact) mass is 419 g/mol. The molecular formula is C20H19ClFN3O2S. The van der Waals surface area contributed by atoms with Gasteiger partial charge in [-0.05, 0) is 49.2 Å². The van der Waals surface area contributed by atoms with Gasteiger partial charge in [0, 0.05) is 23.8 Å². The van der Waals surface area contributed by atoms with E-state index in [0.29, 0.717) is 36.7 Å². The Labute approximate surface area is 171 Å². The molecule has 5 nitrogen and oxygen atoms in total. The first kappa shape index (κ1) is 19.1. The Morgan fingerprint density at radius 1 is 1.11 bits per heavy atom. The van der Waals surface area contributed by atoms with Gasteiger partial charge >= 0.3 is 6.03 Å². The van der Waals surface area contributed by atoms with Crippen molar-refractivity contribution in [2.45, 2.75) is 17.7 Å². The van der Waals surface area contributed by atoms with Crippen LogP contribution in [-0.2, 0) is 4.79 Å². The number of amides is 3. The lowest BCUT2D eigenvalue weighted by Gasteiger charge is -2.43. The molecule has 2 aromatic rings. The van der Waals surface area contributed by atoms with E-state index in [2.05, 4.69) is 5.32 Å². The Hall–Kier alpha value is -2.25. The number of carbonyl (C=O) groups is 2. The van der Waals surface area contributed by atoms with E-state index in [1.165, 1.54) is 12.1 Å². The van der Waals surface area contributed by atoms with Crippen LogP contribution in [0.15, 0.2) is 48.5 Å². The van der Waals surface area contributed by atoms with Crippen LogP contribution in [0.3, 0.4) is 0 Å². The maximum absolute atomic E-state index is 13.8. The number of hydrogen-bond donors (Lipinski definition) is 1. The van der Waals surface area contributed by atoms with Crippen molar-refractivity contribution in [1.29, 1.82) is 0 Å². The summed E-state index contributed by atoms with van der Waals surface area (Å²) in [5.41, 5.74) is 0.990. The summed E-state index contributed by atoms with van der Waals surface area (Å²) in [4.78, 5) is 28.2. The smallest absolute Gasteiger partial charge is 0.321 e. The number of halogens is 2. The van der Waals surface area contributed by atoms with Gasteiger partial charge in [0.1, 0.15) is 5.82 Å². The van der Waals surface area contributed by atoms with Gasteiger partial charge in [0.25, 0.3) is 0 Å². The van der Waals surface area contributed by atoms with E-state index in [1.807, 2.05) is 17.0 Å². The summed E-state index contributed by atoms with van der Waals surface area (Å²) in [6, 6.07) is 13.0. The normalized spacial score (nSPS) is 18.6. The van der Waals surface area contributed by atoms with Crippen molar-refractivity contribution in [2.24, 2.45) is 0 Å². The third kappa shape index (κ3) is 3.56. The zero-order chi connectivity index (χ0) is 19.7. The minimum absolute atomic E-state index is 0.0663. The van der Waals surface area contributed by atoms with Crippen LogP contribution in [0.1, 0.15) is 12.8 Å². The van der Waals surface area contributed by atoms with E-state index in [-0.39, 0.29) is 22.5 Å². The van der Waals surface area contributed by atoms with Crippen LogP contribution < -0.4 is 10.2 Å². The second kappa shape index (κ2) is 7.64. The molecule has 2 saturated heterocycles. The van der Waals surface area contributed by atoms with Gasteiger partial charge in [-0.25, -0.2) is 9.18 Å². The van der Waals surface area contributed by atoms with Crippen molar-refractivity contribution in [3.05, 3.63) is 59.4 Å². The summed E-state index contributed by atoms with van der Waals surface area (Å²) in [5, 5.41) is 3.25. The van der Waals surface area contributed by atoms with E-state index < -0.39 is 5.82 Å². The number of urea groups is 1. The maximum atomic E-state index is 13.8. The average molecular weight is 420 g/mol. The average Bonchev–Trinajstić information content (AvgIpc) is 3.01. The van der Waals surface area contributed by atoms with Gasteiger partial charge in [0.05, 0.1) is 16.3 Å². The molecule has 0 atom stereocenters.